The van der Waals surface area contributed by atoms with Crippen LogP contribution >= 0.6 is 15.9 Å². The molecule has 8 heteroatoms. The minimum Gasteiger partial charge on any atom is -0.325 e. The summed E-state index contributed by atoms with van der Waals surface area (Å²) in [7, 11) is -3.98. The van der Waals surface area contributed by atoms with Gasteiger partial charge in [0.25, 0.3) is 5.92 Å². The van der Waals surface area contributed by atoms with E-state index in [1.54, 1.807) is 19.9 Å². The van der Waals surface area contributed by atoms with Gasteiger partial charge in [0, 0.05) is 4.47 Å². The highest BCUT2D eigenvalue weighted by Gasteiger charge is 2.30. The minimum atomic E-state index is -3.98. The zero-order valence-electron chi connectivity index (χ0n) is 10.5. The van der Waals surface area contributed by atoms with E-state index in [4.69, 9.17) is 5.73 Å². The van der Waals surface area contributed by atoms with Crippen molar-refractivity contribution in [3.63, 3.8) is 0 Å². The third-order valence-electron chi connectivity index (χ3n) is 2.57. The van der Waals surface area contributed by atoms with Crippen LogP contribution in [0.3, 0.4) is 0 Å². The molecule has 0 amide bonds. The summed E-state index contributed by atoms with van der Waals surface area (Å²) < 4.78 is 52.6. The van der Waals surface area contributed by atoms with Gasteiger partial charge < -0.3 is 5.73 Å². The fourth-order valence-electron chi connectivity index (χ4n) is 1.39. The van der Waals surface area contributed by atoms with Crippen molar-refractivity contribution in [3.05, 3.63) is 27.7 Å². The van der Waals surface area contributed by atoms with E-state index in [0.29, 0.717) is 11.1 Å². The van der Waals surface area contributed by atoms with E-state index in [1.165, 1.54) is 6.07 Å². The number of benzene rings is 1. The van der Waals surface area contributed by atoms with Crippen molar-refractivity contribution >= 4 is 26.0 Å². The molecule has 3 N–H and O–H groups in total. The topological polar surface area (TPSA) is 72.2 Å². The summed E-state index contributed by atoms with van der Waals surface area (Å²) in [5.74, 6) is -3.26. The summed E-state index contributed by atoms with van der Waals surface area (Å²) in [5.41, 5.74) is 6.04. The highest BCUT2D eigenvalue weighted by Crippen LogP contribution is 2.24. The molecule has 1 aromatic carbocycles. The Balaban J connectivity index is 3.05. The van der Waals surface area contributed by atoms with Crippen molar-refractivity contribution in [2.45, 2.75) is 24.7 Å². The molecular formula is C11H15BrF2N2O2S. The van der Waals surface area contributed by atoms with Crippen molar-refractivity contribution in [2.24, 2.45) is 5.73 Å². The number of aryl methyl sites for hydroxylation is 2. The monoisotopic (exact) mass is 356 g/mol. The Morgan fingerprint density at radius 2 is 1.89 bits per heavy atom. The fourth-order valence-corrected chi connectivity index (χ4v) is 3.22. The molecule has 0 heterocycles. The number of sulfonamides is 1. The first-order chi connectivity index (χ1) is 8.59. The van der Waals surface area contributed by atoms with Crippen molar-refractivity contribution in [2.75, 3.05) is 13.1 Å². The number of halogens is 3. The zero-order chi connectivity index (χ0) is 14.8. The smallest absolute Gasteiger partial charge is 0.273 e. The number of rotatable bonds is 5. The van der Waals surface area contributed by atoms with Gasteiger partial charge in [-0.25, -0.2) is 21.9 Å². The lowest BCUT2D eigenvalue weighted by atomic mass is 10.2. The average Bonchev–Trinajstić information content (AvgIpc) is 2.31. The first kappa shape index (κ1) is 16.5. The lowest BCUT2D eigenvalue weighted by molar-refractivity contribution is 0.0170. The van der Waals surface area contributed by atoms with Crippen molar-refractivity contribution in [1.82, 2.24) is 4.72 Å². The van der Waals surface area contributed by atoms with Gasteiger partial charge in [-0.3, -0.25) is 0 Å². The molecular weight excluding hydrogens is 342 g/mol. The first-order valence-electron chi connectivity index (χ1n) is 5.43. The normalized spacial score (nSPS) is 12.7. The zero-order valence-corrected chi connectivity index (χ0v) is 12.9. The van der Waals surface area contributed by atoms with Gasteiger partial charge in [-0.15, -0.1) is 0 Å². The maximum atomic E-state index is 13.0. The molecule has 0 saturated heterocycles. The lowest BCUT2D eigenvalue weighted by Gasteiger charge is -2.16. The molecule has 0 aliphatic carbocycles. The van der Waals surface area contributed by atoms with Crippen LogP contribution in [-0.4, -0.2) is 27.4 Å². The summed E-state index contributed by atoms with van der Waals surface area (Å²) >= 11 is 3.28. The third kappa shape index (κ3) is 4.20. The average molecular weight is 357 g/mol. The molecule has 0 aliphatic heterocycles. The second-order valence-electron chi connectivity index (χ2n) is 4.25. The number of hydrogen-bond donors (Lipinski definition) is 2. The van der Waals surface area contributed by atoms with Crippen LogP contribution in [0.15, 0.2) is 21.5 Å². The number of nitrogens with two attached hydrogens (primary N) is 1. The molecule has 0 fully saturated rings. The summed E-state index contributed by atoms with van der Waals surface area (Å²) in [6.45, 7) is 1.39. The highest BCUT2D eigenvalue weighted by atomic mass is 79.9. The summed E-state index contributed by atoms with van der Waals surface area (Å²) in [4.78, 5) is -0.0129. The molecule has 0 aromatic heterocycles. The molecule has 0 spiro atoms. The van der Waals surface area contributed by atoms with E-state index < -0.39 is 29.0 Å². The Kier molecular flexibility index (Phi) is 5.05. The Bertz CT molecular complexity index is 576. The molecule has 0 bridgehead atoms. The van der Waals surface area contributed by atoms with Crippen LogP contribution in [0.4, 0.5) is 8.78 Å². The Labute approximate surface area is 119 Å². The molecule has 1 rings (SSSR count). The van der Waals surface area contributed by atoms with Crippen molar-refractivity contribution in [1.29, 1.82) is 0 Å². The van der Waals surface area contributed by atoms with Crippen LogP contribution in [-0.2, 0) is 10.0 Å². The van der Waals surface area contributed by atoms with E-state index in [2.05, 4.69) is 15.9 Å². The van der Waals surface area contributed by atoms with Crippen LogP contribution < -0.4 is 10.5 Å². The van der Waals surface area contributed by atoms with Crippen LogP contribution in [0.2, 0.25) is 0 Å². The third-order valence-corrected chi connectivity index (χ3v) is 4.96. The van der Waals surface area contributed by atoms with Gasteiger partial charge in [0.1, 0.15) is 0 Å². The molecule has 0 unspecified atom stereocenters. The van der Waals surface area contributed by atoms with E-state index in [-0.39, 0.29) is 4.90 Å². The van der Waals surface area contributed by atoms with Crippen LogP contribution in [0.25, 0.3) is 0 Å². The molecule has 19 heavy (non-hydrogen) atoms. The largest absolute Gasteiger partial charge is 0.325 e. The number of hydrogen-bond acceptors (Lipinski definition) is 3. The van der Waals surface area contributed by atoms with E-state index in [0.717, 1.165) is 4.47 Å². The van der Waals surface area contributed by atoms with E-state index >= 15 is 0 Å². The molecule has 1 aromatic rings. The van der Waals surface area contributed by atoms with Gasteiger partial charge >= 0.3 is 0 Å². The minimum absolute atomic E-state index is 0.0129. The van der Waals surface area contributed by atoms with Gasteiger partial charge in [0.2, 0.25) is 10.0 Å². The maximum Gasteiger partial charge on any atom is 0.273 e. The Morgan fingerprint density at radius 3 is 2.42 bits per heavy atom. The quantitative estimate of drug-likeness (QED) is 0.846. The van der Waals surface area contributed by atoms with Gasteiger partial charge in [-0.05, 0) is 37.1 Å². The van der Waals surface area contributed by atoms with Crippen molar-refractivity contribution < 1.29 is 17.2 Å². The summed E-state index contributed by atoms with van der Waals surface area (Å²) in [5, 5.41) is 0. The van der Waals surface area contributed by atoms with Crippen LogP contribution in [0, 0.1) is 13.8 Å². The fraction of sp³-hybridized carbons (Fsp3) is 0.455. The molecule has 0 aliphatic rings. The SMILES string of the molecule is Cc1cc(S(=O)(=O)NCC(F)(F)CN)c(C)cc1Br. The van der Waals surface area contributed by atoms with Crippen LogP contribution in [0.5, 0.6) is 0 Å². The molecule has 0 saturated carbocycles. The summed E-state index contributed by atoms with van der Waals surface area (Å²) in [6.07, 6.45) is 0. The van der Waals surface area contributed by atoms with E-state index in [9.17, 15) is 17.2 Å². The molecule has 4 nitrogen and oxygen atoms in total. The second-order valence-corrected chi connectivity index (χ2v) is 6.84. The van der Waals surface area contributed by atoms with Crippen molar-refractivity contribution in [3.8, 4) is 0 Å². The van der Waals surface area contributed by atoms with E-state index in [1.807, 2.05) is 4.72 Å². The van der Waals surface area contributed by atoms with Crippen LogP contribution in [0.1, 0.15) is 11.1 Å². The highest BCUT2D eigenvalue weighted by molar-refractivity contribution is 9.10. The molecule has 108 valence electrons. The number of nitrogens with one attached hydrogen (secondary N) is 1. The standard InChI is InChI=1S/C11H15BrF2N2O2S/c1-7-4-10(8(2)3-9(7)12)19(17,18)16-6-11(13,14)5-15/h3-4,16H,5-6,15H2,1-2H3. The Hall–Kier alpha value is -0.570. The van der Waals surface area contributed by atoms with Gasteiger partial charge in [-0.1, -0.05) is 15.9 Å². The predicted molar refractivity (Wildman–Crippen MR) is 72.8 cm³/mol. The maximum absolute atomic E-state index is 13.0. The predicted octanol–water partition coefficient (Wildman–Crippen LogP) is 1.94. The van der Waals surface area contributed by atoms with Gasteiger partial charge in [-0.2, -0.15) is 0 Å². The first-order valence-corrected chi connectivity index (χ1v) is 7.71. The molecule has 0 atom stereocenters. The number of alkyl halides is 2. The molecule has 0 radical (unpaired) electrons. The Morgan fingerprint density at radius 1 is 1.32 bits per heavy atom. The summed E-state index contributed by atoms with van der Waals surface area (Å²) in [6, 6.07) is 3.06. The van der Waals surface area contributed by atoms with Gasteiger partial charge in [0.05, 0.1) is 18.0 Å². The van der Waals surface area contributed by atoms with Gasteiger partial charge in [0.15, 0.2) is 0 Å². The lowest BCUT2D eigenvalue weighted by Crippen LogP contribution is -2.41. The second kappa shape index (κ2) is 5.82.